The zero-order valence-corrected chi connectivity index (χ0v) is 15.8. The highest BCUT2D eigenvalue weighted by molar-refractivity contribution is 5.83. The summed E-state index contributed by atoms with van der Waals surface area (Å²) in [6.45, 7) is 2.63. The zero-order valence-electron chi connectivity index (χ0n) is 15.8. The number of hydrogen-bond acceptors (Lipinski definition) is 6. The Kier molecular flexibility index (Phi) is 4.51. The van der Waals surface area contributed by atoms with Crippen molar-refractivity contribution in [1.82, 2.24) is 20.3 Å². The minimum atomic E-state index is -0.241. The van der Waals surface area contributed by atoms with Crippen LogP contribution in [0.1, 0.15) is 11.4 Å². The van der Waals surface area contributed by atoms with Gasteiger partial charge in [0, 0.05) is 35.8 Å². The van der Waals surface area contributed by atoms with E-state index >= 15 is 0 Å². The Hall–Kier alpha value is -3.55. The van der Waals surface area contributed by atoms with Gasteiger partial charge in [0.2, 0.25) is 5.75 Å². The zero-order chi connectivity index (χ0) is 19.6. The minimum absolute atomic E-state index is 0.241. The quantitative estimate of drug-likeness (QED) is 0.534. The van der Waals surface area contributed by atoms with E-state index in [-0.39, 0.29) is 5.82 Å². The molecule has 1 aromatic carbocycles. The second kappa shape index (κ2) is 7.46. The molecule has 148 valence electrons. The van der Waals surface area contributed by atoms with Crippen molar-refractivity contribution in [2.24, 2.45) is 0 Å². The fraction of sp³-hybridized carbons (Fsp3) is 0.238. The topological polar surface area (TPSA) is 86.9 Å². The Morgan fingerprint density at radius 2 is 2.21 bits per heavy atom. The Balaban J connectivity index is 1.38. The number of H-pyrrole nitrogens is 1. The lowest BCUT2D eigenvalue weighted by atomic mass is 10.1. The molecular formula is C21H21FN6O. The summed E-state index contributed by atoms with van der Waals surface area (Å²) >= 11 is 0. The van der Waals surface area contributed by atoms with Gasteiger partial charge in [0.15, 0.2) is 17.5 Å². The van der Waals surface area contributed by atoms with Crippen LogP contribution in [0.25, 0.3) is 16.5 Å². The second-order valence-electron chi connectivity index (χ2n) is 6.96. The number of anilines is 2. The molecule has 7 nitrogen and oxygen atoms in total. The van der Waals surface area contributed by atoms with Crippen LogP contribution < -0.4 is 20.7 Å². The number of halogens is 1. The molecule has 3 aromatic rings. The van der Waals surface area contributed by atoms with E-state index in [4.69, 9.17) is 9.72 Å². The van der Waals surface area contributed by atoms with Gasteiger partial charge in [-0.3, -0.25) is 0 Å². The van der Waals surface area contributed by atoms with Crippen molar-refractivity contribution < 1.29 is 9.13 Å². The first-order valence-corrected chi connectivity index (χ1v) is 9.65. The van der Waals surface area contributed by atoms with Crippen LogP contribution in [-0.2, 0) is 6.42 Å². The van der Waals surface area contributed by atoms with Crippen molar-refractivity contribution in [1.29, 1.82) is 0 Å². The van der Waals surface area contributed by atoms with Crippen LogP contribution in [0.2, 0.25) is 0 Å². The first kappa shape index (κ1) is 17.5. The number of nitrogens with one attached hydrogen (secondary N) is 4. The molecule has 2 aliphatic heterocycles. The highest BCUT2D eigenvalue weighted by Crippen LogP contribution is 2.34. The van der Waals surface area contributed by atoms with E-state index in [0.29, 0.717) is 49.5 Å². The number of nitrogens with zero attached hydrogens (tertiary/aromatic N) is 2. The highest BCUT2D eigenvalue weighted by atomic mass is 19.1. The fourth-order valence-corrected chi connectivity index (χ4v) is 3.59. The van der Waals surface area contributed by atoms with Crippen LogP contribution >= 0.6 is 0 Å². The molecule has 2 aliphatic rings. The lowest BCUT2D eigenvalue weighted by molar-refractivity contribution is 0.321. The number of dihydropyridines is 1. The number of rotatable bonds is 5. The molecule has 5 rings (SSSR count). The molecule has 0 aliphatic carbocycles. The molecule has 0 spiro atoms. The van der Waals surface area contributed by atoms with Crippen LogP contribution in [0.15, 0.2) is 42.7 Å². The fourth-order valence-electron chi connectivity index (χ4n) is 3.59. The Morgan fingerprint density at radius 1 is 1.24 bits per heavy atom. The number of hydrogen-bond donors (Lipinski definition) is 4. The van der Waals surface area contributed by atoms with E-state index in [1.54, 1.807) is 0 Å². The predicted octanol–water partition coefficient (Wildman–Crippen LogP) is 3.06. The molecule has 0 bridgehead atoms. The molecule has 0 saturated carbocycles. The maximum Gasteiger partial charge on any atom is 0.204 e. The SMILES string of the molecule is Fc1ccc2c(CCNc3nc(C4=CC=CNC4)nc4c3OCCN4)c[nH]c2c1. The average molecular weight is 392 g/mol. The number of ether oxygens (including phenoxy) is 1. The number of aromatic amines is 1. The van der Waals surface area contributed by atoms with E-state index in [0.717, 1.165) is 28.5 Å². The van der Waals surface area contributed by atoms with Gasteiger partial charge in [-0.2, -0.15) is 0 Å². The van der Waals surface area contributed by atoms with Crippen LogP contribution in [0.4, 0.5) is 16.0 Å². The van der Waals surface area contributed by atoms with Crippen molar-refractivity contribution in [3.8, 4) is 5.75 Å². The molecule has 0 atom stereocenters. The monoisotopic (exact) mass is 392 g/mol. The maximum absolute atomic E-state index is 13.4. The van der Waals surface area contributed by atoms with Crippen molar-refractivity contribution in [3.05, 3.63) is 60.0 Å². The maximum atomic E-state index is 13.4. The molecule has 0 saturated heterocycles. The molecule has 4 heterocycles. The van der Waals surface area contributed by atoms with Crippen molar-refractivity contribution >= 4 is 28.1 Å². The number of fused-ring (bicyclic) bond motifs is 2. The van der Waals surface area contributed by atoms with Crippen molar-refractivity contribution in [3.63, 3.8) is 0 Å². The largest absolute Gasteiger partial charge is 0.485 e. The van der Waals surface area contributed by atoms with Gasteiger partial charge in [0.1, 0.15) is 12.4 Å². The van der Waals surface area contributed by atoms with E-state index in [1.165, 1.54) is 12.1 Å². The third-order valence-corrected chi connectivity index (χ3v) is 5.01. The second-order valence-corrected chi connectivity index (χ2v) is 6.96. The van der Waals surface area contributed by atoms with Crippen molar-refractivity contribution in [2.45, 2.75) is 6.42 Å². The summed E-state index contributed by atoms with van der Waals surface area (Å²) in [6, 6.07) is 4.81. The minimum Gasteiger partial charge on any atom is -0.485 e. The average Bonchev–Trinajstić information content (AvgIpc) is 3.16. The standard InChI is InChI=1S/C21H21FN6O/c22-15-3-4-16-13(12-26-17(16)10-15)5-7-24-20-18-21(25-8-9-29-18)28-19(27-20)14-2-1-6-23-11-14/h1-4,6,10,12,23,26H,5,7-9,11H2,(H2,24,25,27,28). The summed E-state index contributed by atoms with van der Waals surface area (Å²) in [5.74, 6) is 2.47. The lowest BCUT2D eigenvalue weighted by Gasteiger charge is -2.22. The Bertz CT molecular complexity index is 1120. The molecule has 29 heavy (non-hydrogen) atoms. The first-order chi connectivity index (χ1) is 14.3. The summed E-state index contributed by atoms with van der Waals surface area (Å²) in [4.78, 5) is 12.5. The third kappa shape index (κ3) is 3.49. The van der Waals surface area contributed by atoms with E-state index in [1.807, 2.05) is 30.6 Å². The Labute approximate surface area is 167 Å². The summed E-state index contributed by atoms with van der Waals surface area (Å²) in [5, 5.41) is 10.9. The van der Waals surface area contributed by atoms with Crippen LogP contribution in [0, 0.1) is 5.82 Å². The number of allylic oxidation sites excluding steroid dienone is 2. The number of benzene rings is 1. The van der Waals surface area contributed by atoms with Gasteiger partial charge in [0.25, 0.3) is 0 Å². The first-order valence-electron chi connectivity index (χ1n) is 9.65. The smallest absolute Gasteiger partial charge is 0.204 e. The van der Waals surface area contributed by atoms with Gasteiger partial charge in [-0.25, -0.2) is 14.4 Å². The van der Waals surface area contributed by atoms with Gasteiger partial charge < -0.3 is 25.7 Å². The molecule has 4 N–H and O–H groups in total. The summed E-state index contributed by atoms with van der Waals surface area (Å²) in [5.41, 5.74) is 2.95. The van der Waals surface area contributed by atoms with E-state index < -0.39 is 0 Å². The predicted molar refractivity (Wildman–Crippen MR) is 112 cm³/mol. The molecule has 0 unspecified atom stereocenters. The number of aromatic nitrogens is 3. The summed E-state index contributed by atoms with van der Waals surface area (Å²) in [6.07, 6.45) is 8.54. The highest BCUT2D eigenvalue weighted by Gasteiger charge is 2.21. The van der Waals surface area contributed by atoms with Gasteiger partial charge in [-0.15, -0.1) is 0 Å². The lowest BCUT2D eigenvalue weighted by Crippen LogP contribution is -2.23. The Morgan fingerprint density at radius 3 is 3.10 bits per heavy atom. The molecule has 2 aromatic heterocycles. The molecule has 0 amide bonds. The van der Waals surface area contributed by atoms with Crippen molar-refractivity contribution in [2.75, 3.05) is 36.9 Å². The summed E-state index contributed by atoms with van der Waals surface area (Å²) < 4.78 is 19.2. The molecule has 0 radical (unpaired) electrons. The van der Waals surface area contributed by atoms with Crippen LogP contribution in [0.5, 0.6) is 5.75 Å². The van der Waals surface area contributed by atoms with Gasteiger partial charge in [-0.05, 0) is 42.5 Å². The third-order valence-electron chi connectivity index (χ3n) is 5.01. The van der Waals surface area contributed by atoms with Crippen LogP contribution in [0.3, 0.4) is 0 Å². The van der Waals surface area contributed by atoms with E-state index in [2.05, 4.69) is 25.9 Å². The molecular weight excluding hydrogens is 371 g/mol. The summed E-state index contributed by atoms with van der Waals surface area (Å²) in [7, 11) is 0. The molecule has 0 fully saturated rings. The van der Waals surface area contributed by atoms with Crippen LogP contribution in [-0.4, -0.2) is 41.2 Å². The van der Waals surface area contributed by atoms with Gasteiger partial charge in [0.05, 0.1) is 6.54 Å². The van der Waals surface area contributed by atoms with Gasteiger partial charge in [-0.1, -0.05) is 6.08 Å². The normalized spacial score (nSPS) is 15.1. The molecule has 8 heteroatoms. The van der Waals surface area contributed by atoms with E-state index in [9.17, 15) is 4.39 Å². The van der Waals surface area contributed by atoms with Gasteiger partial charge >= 0.3 is 0 Å².